The van der Waals surface area contributed by atoms with Crippen LogP contribution in [0.1, 0.15) is 42.3 Å². The van der Waals surface area contributed by atoms with Crippen LogP contribution in [0.25, 0.3) is 0 Å². The van der Waals surface area contributed by atoms with Gasteiger partial charge in [-0.3, -0.25) is 0 Å². The molecule has 1 saturated carbocycles. The van der Waals surface area contributed by atoms with E-state index in [2.05, 4.69) is 4.98 Å². The van der Waals surface area contributed by atoms with E-state index in [0.29, 0.717) is 22.5 Å². The minimum absolute atomic E-state index is 0.0504. The number of carbonyl (C=O) groups excluding carboxylic acids is 1. The Labute approximate surface area is 116 Å². The van der Waals surface area contributed by atoms with Crippen molar-refractivity contribution >= 4 is 22.4 Å². The van der Waals surface area contributed by atoms with E-state index in [1.165, 1.54) is 0 Å². The van der Waals surface area contributed by atoms with Crippen LogP contribution in [0.2, 0.25) is 0 Å². The molecule has 0 aromatic carbocycles. The second-order valence-electron chi connectivity index (χ2n) is 4.56. The zero-order valence-electron chi connectivity index (χ0n) is 10.9. The molecule has 0 bridgehead atoms. The SMILES string of the molecule is CCOC(=O)c1sc(N)nc1O[C@H]1CC[C@H](N)CC1. The second kappa shape index (κ2) is 6.21. The number of nitrogens with two attached hydrogens (primary N) is 2. The number of hydrogen-bond acceptors (Lipinski definition) is 7. The minimum atomic E-state index is -0.431. The Morgan fingerprint density at radius 1 is 1.42 bits per heavy atom. The van der Waals surface area contributed by atoms with Crippen molar-refractivity contribution in [3.63, 3.8) is 0 Å². The van der Waals surface area contributed by atoms with Crippen LogP contribution < -0.4 is 16.2 Å². The van der Waals surface area contributed by atoms with E-state index in [1.807, 2.05) is 0 Å². The van der Waals surface area contributed by atoms with Gasteiger partial charge in [-0.2, -0.15) is 4.98 Å². The smallest absolute Gasteiger partial charge is 0.354 e. The number of anilines is 1. The summed E-state index contributed by atoms with van der Waals surface area (Å²) in [5.41, 5.74) is 11.5. The standard InChI is InChI=1S/C12H19N3O3S/c1-2-17-11(16)9-10(15-12(14)19-9)18-8-5-3-7(13)4-6-8/h7-8H,2-6,13H2,1H3,(H2,14,15)/t7-,8-. The summed E-state index contributed by atoms with van der Waals surface area (Å²) in [6.45, 7) is 2.07. The molecule has 4 N–H and O–H groups in total. The fraction of sp³-hybridized carbons (Fsp3) is 0.667. The highest BCUT2D eigenvalue weighted by Gasteiger charge is 2.25. The number of carbonyl (C=O) groups is 1. The maximum atomic E-state index is 11.8. The van der Waals surface area contributed by atoms with E-state index in [1.54, 1.807) is 6.92 Å². The number of nitrogens with zero attached hydrogens (tertiary/aromatic N) is 1. The van der Waals surface area contributed by atoms with E-state index < -0.39 is 5.97 Å². The molecule has 0 aliphatic heterocycles. The summed E-state index contributed by atoms with van der Waals surface area (Å²) in [5.74, 6) is -0.138. The van der Waals surface area contributed by atoms with Crippen LogP contribution in [-0.2, 0) is 4.74 Å². The summed E-state index contributed by atoms with van der Waals surface area (Å²) in [5, 5.41) is 0.311. The van der Waals surface area contributed by atoms with Crippen LogP contribution >= 0.6 is 11.3 Å². The third kappa shape index (κ3) is 3.57. The summed E-state index contributed by atoms with van der Waals surface area (Å²) in [6, 6.07) is 0.255. The predicted octanol–water partition coefficient (Wildman–Crippen LogP) is 1.55. The van der Waals surface area contributed by atoms with Gasteiger partial charge in [-0.05, 0) is 32.6 Å². The molecule has 1 aliphatic carbocycles. The van der Waals surface area contributed by atoms with Crippen molar-refractivity contribution in [3.05, 3.63) is 4.88 Å². The van der Waals surface area contributed by atoms with Gasteiger partial charge in [0.2, 0.25) is 5.88 Å². The van der Waals surface area contributed by atoms with Crippen LogP contribution in [0.3, 0.4) is 0 Å². The van der Waals surface area contributed by atoms with Crippen molar-refractivity contribution in [2.24, 2.45) is 5.73 Å². The summed E-state index contributed by atoms with van der Waals surface area (Å²) in [6.07, 6.45) is 3.66. The number of thiazole rings is 1. The number of rotatable bonds is 4. The van der Waals surface area contributed by atoms with Gasteiger partial charge in [0.1, 0.15) is 6.10 Å². The molecular formula is C12H19N3O3S. The van der Waals surface area contributed by atoms with Gasteiger partial charge in [0, 0.05) is 6.04 Å². The summed E-state index contributed by atoms with van der Waals surface area (Å²) < 4.78 is 10.8. The number of hydrogen-bond donors (Lipinski definition) is 2. The first-order valence-electron chi connectivity index (χ1n) is 6.45. The average molecular weight is 285 g/mol. The Kier molecular flexibility index (Phi) is 4.60. The highest BCUT2D eigenvalue weighted by Crippen LogP contribution is 2.31. The third-order valence-electron chi connectivity index (χ3n) is 3.07. The molecule has 0 spiro atoms. The predicted molar refractivity (Wildman–Crippen MR) is 73.3 cm³/mol. The summed E-state index contributed by atoms with van der Waals surface area (Å²) in [4.78, 5) is 16.2. The van der Waals surface area contributed by atoms with Gasteiger partial charge >= 0.3 is 5.97 Å². The van der Waals surface area contributed by atoms with Gasteiger partial charge in [-0.1, -0.05) is 11.3 Å². The normalized spacial score (nSPS) is 23.1. The molecular weight excluding hydrogens is 266 g/mol. The molecule has 0 amide bonds. The Bertz CT molecular complexity index is 441. The Hall–Kier alpha value is -1.34. The van der Waals surface area contributed by atoms with E-state index >= 15 is 0 Å². The van der Waals surface area contributed by atoms with E-state index in [-0.39, 0.29) is 12.1 Å². The van der Waals surface area contributed by atoms with Crippen LogP contribution in [0.5, 0.6) is 5.88 Å². The van der Waals surface area contributed by atoms with Crippen molar-refractivity contribution in [2.45, 2.75) is 44.8 Å². The lowest BCUT2D eigenvalue weighted by Crippen LogP contribution is -2.32. The quantitative estimate of drug-likeness (QED) is 0.814. The molecule has 19 heavy (non-hydrogen) atoms. The lowest BCUT2D eigenvalue weighted by Gasteiger charge is -2.26. The Morgan fingerprint density at radius 2 is 2.11 bits per heavy atom. The molecule has 1 aromatic heterocycles. The molecule has 0 unspecified atom stereocenters. The molecule has 1 aromatic rings. The molecule has 0 saturated heterocycles. The fourth-order valence-corrected chi connectivity index (χ4v) is 2.75. The van der Waals surface area contributed by atoms with Gasteiger partial charge < -0.3 is 20.9 Å². The van der Waals surface area contributed by atoms with Crippen LogP contribution in [0.4, 0.5) is 5.13 Å². The number of nitrogen functional groups attached to an aromatic ring is 1. The van der Waals surface area contributed by atoms with Crippen LogP contribution in [0, 0.1) is 0 Å². The van der Waals surface area contributed by atoms with E-state index in [0.717, 1.165) is 37.0 Å². The lowest BCUT2D eigenvalue weighted by atomic mass is 9.94. The van der Waals surface area contributed by atoms with Gasteiger partial charge in [-0.25, -0.2) is 4.79 Å². The van der Waals surface area contributed by atoms with E-state index in [4.69, 9.17) is 20.9 Å². The largest absolute Gasteiger partial charge is 0.473 e. The number of aromatic nitrogens is 1. The Morgan fingerprint density at radius 3 is 2.74 bits per heavy atom. The van der Waals surface area contributed by atoms with Crippen LogP contribution in [0.15, 0.2) is 0 Å². The molecule has 1 aliphatic rings. The van der Waals surface area contributed by atoms with Gasteiger partial charge in [0.05, 0.1) is 6.61 Å². The van der Waals surface area contributed by atoms with Gasteiger partial charge in [0.25, 0.3) is 0 Å². The molecule has 2 rings (SSSR count). The molecule has 106 valence electrons. The zero-order chi connectivity index (χ0) is 13.8. The molecule has 1 heterocycles. The Balaban J connectivity index is 2.05. The zero-order valence-corrected chi connectivity index (χ0v) is 11.7. The fourth-order valence-electron chi connectivity index (χ4n) is 2.09. The first-order valence-corrected chi connectivity index (χ1v) is 7.27. The topological polar surface area (TPSA) is 100 Å². The molecule has 0 radical (unpaired) electrons. The lowest BCUT2D eigenvalue weighted by molar-refractivity contribution is 0.0521. The van der Waals surface area contributed by atoms with Crippen molar-refractivity contribution in [1.82, 2.24) is 4.98 Å². The highest BCUT2D eigenvalue weighted by atomic mass is 32.1. The highest BCUT2D eigenvalue weighted by molar-refractivity contribution is 7.17. The second-order valence-corrected chi connectivity index (χ2v) is 5.59. The first kappa shape index (κ1) is 14.1. The monoisotopic (exact) mass is 285 g/mol. The van der Waals surface area contributed by atoms with Crippen LogP contribution in [-0.4, -0.2) is 29.7 Å². The maximum Gasteiger partial charge on any atom is 0.354 e. The van der Waals surface area contributed by atoms with Crippen molar-refractivity contribution in [1.29, 1.82) is 0 Å². The first-order chi connectivity index (χ1) is 9.10. The average Bonchev–Trinajstić information content (AvgIpc) is 2.74. The summed E-state index contributed by atoms with van der Waals surface area (Å²) >= 11 is 1.09. The molecule has 1 fully saturated rings. The van der Waals surface area contributed by atoms with Gasteiger partial charge in [-0.15, -0.1) is 0 Å². The van der Waals surface area contributed by atoms with Crippen molar-refractivity contribution in [2.75, 3.05) is 12.3 Å². The number of esters is 1. The number of ether oxygens (including phenoxy) is 2. The van der Waals surface area contributed by atoms with Crippen molar-refractivity contribution < 1.29 is 14.3 Å². The van der Waals surface area contributed by atoms with E-state index in [9.17, 15) is 4.79 Å². The van der Waals surface area contributed by atoms with Gasteiger partial charge in [0.15, 0.2) is 10.0 Å². The van der Waals surface area contributed by atoms with Crippen molar-refractivity contribution in [3.8, 4) is 5.88 Å². The molecule has 0 atom stereocenters. The third-order valence-corrected chi connectivity index (χ3v) is 3.92. The molecule has 6 nitrogen and oxygen atoms in total. The molecule has 7 heteroatoms. The maximum absolute atomic E-state index is 11.8. The minimum Gasteiger partial charge on any atom is -0.473 e. The summed E-state index contributed by atoms with van der Waals surface area (Å²) in [7, 11) is 0.